The van der Waals surface area contributed by atoms with Crippen molar-refractivity contribution in [2.75, 3.05) is 5.73 Å². The number of rotatable bonds is 2. The third kappa shape index (κ3) is 2.52. The quantitative estimate of drug-likeness (QED) is 0.734. The number of nitriles is 1. The van der Waals surface area contributed by atoms with Crippen LogP contribution in [0, 0.1) is 11.3 Å². The van der Waals surface area contributed by atoms with Gasteiger partial charge in [0.05, 0.1) is 21.9 Å². The second-order valence-corrected chi connectivity index (χ2v) is 5.35. The molecule has 0 unspecified atom stereocenters. The first-order chi connectivity index (χ1) is 10.6. The highest BCUT2D eigenvalue weighted by Gasteiger charge is 2.16. The molecule has 0 fully saturated rings. The molecule has 3 aromatic rings. The fourth-order valence-corrected chi connectivity index (χ4v) is 2.40. The van der Waals surface area contributed by atoms with E-state index in [0.29, 0.717) is 27.1 Å². The molecule has 3 rings (SSSR count). The molecule has 0 bridgehead atoms. The Balaban J connectivity index is 2.29. The molecular weight excluding hydrogens is 321 g/mol. The Morgan fingerprint density at radius 3 is 2.59 bits per heavy atom. The largest absolute Gasteiger partial charge is 0.463 e. The third-order valence-corrected chi connectivity index (χ3v) is 3.90. The maximum Gasteiger partial charge on any atom is 0.152 e. The molecule has 2 heterocycles. The minimum atomic E-state index is 0.151. The Morgan fingerprint density at radius 2 is 1.95 bits per heavy atom. The molecule has 108 valence electrons. The standard InChI is InChI=1S/C16H9Cl2N3O/c17-12-4-3-9(7-13(12)18)11-6-10(8-19)16(20)21-15(11)14-2-1-5-22-14/h1-7H,(H2,20,21). The van der Waals surface area contributed by atoms with Gasteiger partial charge < -0.3 is 10.2 Å². The lowest BCUT2D eigenvalue weighted by molar-refractivity contribution is 0.580. The summed E-state index contributed by atoms with van der Waals surface area (Å²) in [6, 6.07) is 12.4. The van der Waals surface area contributed by atoms with Crippen LogP contribution in [0.2, 0.25) is 10.0 Å². The number of pyridine rings is 1. The predicted molar refractivity (Wildman–Crippen MR) is 86.5 cm³/mol. The van der Waals surface area contributed by atoms with Crippen molar-refractivity contribution in [2.45, 2.75) is 0 Å². The van der Waals surface area contributed by atoms with Crippen LogP contribution in [-0.2, 0) is 0 Å². The van der Waals surface area contributed by atoms with E-state index in [-0.39, 0.29) is 11.4 Å². The molecule has 4 nitrogen and oxygen atoms in total. The fraction of sp³-hybridized carbons (Fsp3) is 0. The SMILES string of the molecule is N#Cc1cc(-c2ccc(Cl)c(Cl)c2)c(-c2ccco2)nc1N. The van der Waals surface area contributed by atoms with E-state index < -0.39 is 0 Å². The third-order valence-electron chi connectivity index (χ3n) is 3.16. The molecule has 22 heavy (non-hydrogen) atoms. The minimum absolute atomic E-state index is 0.151. The van der Waals surface area contributed by atoms with Crippen LogP contribution in [0.4, 0.5) is 5.82 Å². The number of halogens is 2. The van der Waals surface area contributed by atoms with Crippen molar-refractivity contribution in [3.63, 3.8) is 0 Å². The van der Waals surface area contributed by atoms with E-state index in [9.17, 15) is 0 Å². The summed E-state index contributed by atoms with van der Waals surface area (Å²) in [4.78, 5) is 4.30. The van der Waals surface area contributed by atoms with Crippen LogP contribution in [0.15, 0.2) is 47.1 Å². The zero-order valence-electron chi connectivity index (χ0n) is 11.2. The minimum Gasteiger partial charge on any atom is -0.463 e. The Labute approximate surface area is 136 Å². The van der Waals surface area contributed by atoms with E-state index in [4.69, 9.17) is 38.6 Å². The summed E-state index contributed by atoms with van der Waals surface area (Å²) in [6.45, 7) is 0. The van der Waals surface area contributed by atoms with Crippen molar-refractivity contribution in [2.24, 2.45) is 0 Å². The number of nitrogen functional groups attached to an aromatic ring is 1. The number of aromatic nitrogens is 1. The molecule has 2 N–H and O–H groups in total. The Kier molecular flexibility index (Phi) is 3.76. The van der Waals surface area contributed by atoms with E-state index in [0.717, 1.165) is 5.56 Å². The molecule has 0 aliphatic carbocycles. The molecule has 0 radical (unpaired) electrons. The number of nitrogens with two attached hydrogens (primary N) is 1. The van der Waals surface area contributed by atoms with Crippen molar-refractivity contribution < 1.29 is 4.42 Å². The van der Waals surface area contributed by atoms with E-state index in [1.807, 2.05) is 6.07 Å². The van der Waals surface area contributed by atoms with Crippen LogP contribution in [-0.4, -0.2) is 4.98 Å². The molecule has 0 aliphatic heterocycles. The second-order valence-electron chi connectivity index (χ2n) is 4.54. The molecule has 0 saturated heterocycles. The molecule has 6 heteroatoms. The lowest BCUT2D eigenvalue weighted by atomic mass is 10.0. The van der Waals surface area contributed by atoms with Crippen LogP contribution < -0.4 is 5.73 Å². The number of anilines is 1. The topological polar surface area (TPSA) is 75.8 Å². The first-order valence-electron chi connectivity index (χ1n) is 6.30. The van der Waals surface area contributed by atoms with Crippen LogP contribution >= 0.6 is 23.2 Å². The van der Waals surface area contributed by atoms with Gasteiger partial charge in [0.15, 0.2) is 5.76 Å². The fourth-order valence-electron chi connectivity index (χ4n) is 2.10. The highest BCUT2D eigenvalue weighted by molar-refractivity contribution is 6.42. The van der Waals surface area contributed by atoms with Gasteiger partial charge in [-0.1, -0.05) is 29.3 Å². The summed E-state index contributed by atoms with van der Waals surface area (Å²) < 4.78 is 5.40. The smallest absolute Gasteiger partial charge is 0.152 e. The lowest BCUT2D eigenvalue weighted by Gasteiger charge is -2.10. The van der Waals surface area contributed by atoms with E-state index in [2.05, 4.69) is 4.98 Å². The number of nitrogens with zero attached hydrogens (tertiary/aromatic N) is 2. The zero-order valence-corrected chi connectivity index (χ0v) is 12.7. The number of furan rings is 1. The summed E-state index contributed by atoms with van der Waals surface area (Å²) in [6.07, 6.45) is 1.55. The molecular formula is C16H9Cl2N3O. The van der Waals surface area contributed by atoms with Crippen LogP contribution in [0.5, 0.6) is 0 Å². The summed E-state index contributed by atoms with van der Waals surface area (Å²) in [7, 11) is 0. The first-order valence-corrected chi connectivity index (χ1v) is 7.05. The zero-order chi connectivity index (χ0) is 15.7. The molecule has 0 atom stereocenters. The normalized spacial score (nSPS) is 10.4. The highest BCUT2D eigenvalue weighted by Crippen LogP contribution is 2.35. The van der Waals surface area contributed by atoms with Gasteiger partial charge >= 0.3 is 0 Å². The van der Waals surface area contributed by atoms with Crippen LogP contribution in [0.3, 0.4) is 0 Å². The summed E-state index contributed by atoms with van der Waals surface area (Å²) in [5, 5.41) is 10.0. The summed E-state index contributed by atoms with van der Waals surface area (Å²) >= 11 is 12.0. The van der Waals surface area contributed by atoms with Gasteiger partial charge in [0, 0.05) is 5.56 Å². The van der Waals surface area contributed by atoms with Crippen LogP contribution in [0.25, 0.3) is 22.6 Å². The lowest BCUT2D eigenvalue weighted by Crippen LogP contribution is -1.99. The van der Waals surface area contributed by atoms with Crippen molar-refractivity contribution in [3.05, 3.63) is 58.3 Å². The van der Waals surface area contributed by atoms with Gasteiger partial charge in [0.1, 0.15) is 17.6 Å². The van der Waals surface area contributed by atoms with E-state index >= 15 is 0 Å². The van der Waals surface area contributed by atoms with Gasteiger partial charge in [-0.2, -0.15) is 5.26 Å². The molecule has 0 spiro atoms. The van der Waals surface area contributed by atoms with Crippen molar-refractivity contribution in [3.8, 4) is 28.7 Å². The Bertz CT molecular complexity index is 883. The van der Waals surface area contributed by atoms with E-state index in [1.54, 1.807) is 42.7 Å². The van der Waals surface area contributed by atoms with Crippen molar-refractivity contribution in [1.29, 1.82) is 5.26 Å². The monoisotopic (exact) mass is 329 g/mol. The van der Waals surface area contributed by atoms with Crippen LogP contribution in [0.1, 0.15) is 5.56 Å². The predicted octanol–water partition coefficient (Wildman–Crippen LogP) is 4.77. The average molecular weight is 330 g/mol. The Morgan fingerprint density at radius 1 is 1.14 bits per heavy atom. The van der Waals surface area contributed by atoms with Crippen molar-refractivity contribution >= 4 is 29.0 Å². The molecule has 2 aromatic heterocycles. The first kappa shape index (κ1) is 14.5. The summed E-state index contributed by atoms with van der Waals surface area (Å²) in [5.41, 5.74) is 8.11. The van der Waals surface area contributed by atoms with Gasteiger partial charge in [-0.15, -0.1) is 0 Å². The maximum absolute atomic E-state index is 9.17. The highest BCUT2D eigenvalue weighted by atomic mass is 35.5. The number of benzene rings is 1. The molecule has 0 aliphatic rings. The van der Waals surface area contributed by atoms with E-state index in [1.165, 1.54) is 0 Å². The average Bonchev–Trinajstić information content (AvgIpc) is 3.04. The van der Waals surface area contributed by atoms with Gasteiger partial charge in [-0.25, -0.2) is 4.98 Å². The van der Waals surface area contributed by atoms with Crippen molar-refractivity contribution in [1.82, 2.24) is 4.98 Å². The number of hydrogen-bond donors (Lipinski definition) is 1. The maximum atomic E-state index is 9.17. The van der Waals surface area contributed by atoms with Gasteiger partial charge in [0.25, 0.3) is 0 Å². The Hall–Kier alpha value is -2.48. The van der Waals surface area contributed by atoms with Gasteiger partial charge in [0.2, 0.25) is 0 Å². The van der Waals surface area contributed by atoms with Gasteiger partial charge in [-0.05, 0) is 35.9 Å². The second kappa shape index (κ2) is 5.72. The number of hydrogen-bond acceptors (Lipinski definition) is 4. The van der Waals surface area contributed by atoms with Gasteiger partial charge in [-0.3, -0.25) is 0 Å². The molecule has 1 aromatic carbocycles. The summed E-state index contributed by atoms with van der Waals surface area (Å²) in [5.74, 6) is 0.704. The molecule has 0 amide bonds. The molecule has 0 saturated carbocycles.